The zero-order valence-corrected chi connectivity index (χ0v) is 13.5. The molecule has 5 nitrogen and oxygen atoms in total. The molecule has 0 bridgehead atoms. The number of rotatable bonds is 5. The zero-order valence-electron chi connectivity index (χ0n) is 12.7. The van der Waals surface area contributed by atoms with Crippen molar-refractivity contribution >= 4 is 15.8 Å². The second-order valence-corrected chi connectivity index (χ2v) is 8.34. The van der Waals surface area contributed by atoms with Crippen molar-refractivity contribution in [3.8, 4) is 0 Å². The molecular formula is C15H27N3O2S. The first-order valence-electron chi connectivity index (χ1n) is 7.95. The number of nitrogens with zero attached hydrogens (tertiary/aromatic N) is 1. The average Bonchev–Trinajstić information content (AvgIpc) is 2.82. The van der Waals surface area contributed by atoms with Crippen LogP contribution < -0.4 is 10.6 Å². The molecule has 0 spiro atoms. The number of hydrogen-bond donors (Lipinski definition) is 2. The molecule has 2 rings (SSSR count). The Balaban J connectivity index is 1.87. The summed E-state index contributed by atoms with van der Waals surface area (Å²) in [6.07, 6.45) is 8.78. The van der Waals surface area contributed by atoms with E-state index in [9.17, 15) is 8.42 Å². The van der Waals surface area contributed by atoms with Gasteiger partial charge >= 0.3 is 0 Å². The van der Waals surface area contributed by atoms with Crippen LogP contribution in [0.25, 0.3) is 0 Å². The Bertz CT molecular complexity index is 467. The number of nitrogens with one attached hydrogen (secondary N) is 2. The summed E-state index contributed by atoms with van der Waals surface area (Å²) in [7, 11) is -2.81. The molecule has 1 heterocycles. The molecular weight excluding hydrogens is 286 g/mol. The zero-order chi connectivity index (χ0) is 15.1. The molecule has 2 N–H and O–H groups in total. The lowest BCUT2D eigenvalue weighted by molar-refractivity contribution is 0.410. The van der Waals surface area contributed by atoms with E-state index in [4.69, 9.17) is 0 Å². The van der Waals surface area contributed by atoms with Crippen LogP contribution in [0.15, 0.2) is 17.6 Å². The van der Waals surface area contributed by atoms with Crippen LogP contribution in [0.1, 0.15) is 38.5 Å². The van der Waals surface area contributed by atoms with Crippen molar-refractivity contribution in [2.45, 2.75) is 44.6 Å². The molecule has 1 aliphatic heterocycles. The fraction of sp³-hybridized carbons (Fsp3) is 0.800. The molecule has 1 saturated carbocycles. The fourth-order valence-electron chi connectivity index (χ4n) is 3.00. The molecule has 1 atom stereocenters. The van der Waals surface area contributed by atoms with Gasteiger partial charge in [-0.15, -0.1) is 6.58 Å². The molecule has 2 fully saturated rings. The lowest BCUT2D eigenvalue weighted by Gasteiger charge is -2.25. The van der Waals surface area contributed by atoms with E-state index in [1.165, 1.54) is 32.1 Å². The van der Waals surface area contributed by atoms with Gasteiger partial charge in [-0.25, -0.2) is 8.42 Å². The largest absolute Gasteiger partial charge is 0.354 e. The molecule has 0 aromatic heterocycles. The van der Waals surface area contributed by atoms with Crippen LogP contribution in [0.2, 0.25) is 0 Å². The first kappa shape index (κ1) is 16.3. The van der Waals surface area contributed by atoms with Gasteiger partial charge in [-0.2, -0.15) is 0 Å². The first-order chi connectivity index (χ1) is 10.1. The topological polar surface area (TPSA) is 70.6 Å². The van der Waals surface area contributed by atoms with Crippen LogP contribution in [-0.4, -0.2) is 45.0 Å². The van der Waals surface area contributed by atoms with Gasteiger partial charge in [0.2, 0.25) is 0 Å². The minimum Gasteiger partial charge on any atom is -0.354 e. The number of sulfone groups is 1. The molecule has 120 valence electrons. The fourth-order valence-corrected chi connectivity index (χ4v) is 4.85. The normalized spacial score (nSPS) is 26.5. The molecule has 2 aliphatic rings. The smallest absolute Gasteiger partial charge is 0.191 e. The quantitative estimate of drug-likeness (QED) is 0.458. The molecule has 0 amide bonds. The molecule has 0 radical (unpaired) electrons. The Labute approximate surface area is 128 Å². The van der Waals surface area contributed by atoms with Crippen LogP contribution in [0, 0.1) is 5.92 Å². The molecule has 1 aliphatic carbocycles. The SMILES string of the molecule is C=CCNC(=NCC1CCS(=O)(=O)C1)NC1CCCCC1. The minimum absolute atomic E-state index is 0.170. The molecule has 1 saturated heterocycles. The van der Waals surface area contributed by atoms with E-state index >= 15 is 0 Å². The van der Waals surface area contributed by atoms with Crippen LogP contribution in [-0.2, 0) is 9.84 Å². The highest BCUT2D eigenvalue weighted by Crippen LogP contribution is 2.19. The third kappa shape index (κ3) is 5.69. The Morgan fingerprint density at radius 2 is 2.00 bits per heavy atom. The highest BCUT2D eigenvalue weighted by Gasteiger charge is 2.27. The lowest BCUT2D eigenvalue weighted by Crippen LogP contribution is -2.44. The third-order valence-electron chi connectivity index (χ3n) is 4.19. The minimum atomic E-state index is -2.81. The van der Waals surface area contributed by atoms with Gasteiger partial charge in [-0.05, 0) is 25.2 Å². The highest BCUT2D eigenvalue weighted by atomic mass is 32.2. The molecule has 0 aromatic carbocycles. The number of aliphatic imine (C=N–C) groups is 1. The van der Waals surface area contributed by atoms with Crippen molar-refractivity contribution in [1.29, 1.82) is 0 Å². The summed E-state index contributed by atoms with van der Waals surface area (Å²) in [6, 6.07) is 0.488. The maximum atomic E-state index is 11.5. The molecule has 1 unspecified atom stereocenters. The van der Waals surface area contributed by atoms with Gasteiger partial charge in [0.1, 0.15) is 0 Å². The lowest BCUT2D eigenvalue weighted by atomic mass is 9.96. The maximum Gasteiger partial charge on any atom is 0.191 e. The second kappa shape index (κ2) is 7.82. The molecule has 6 heteroatoms. The van der Waals surface area contributed by atoms with Crippen molar-refractivity contribution in [3.63, 3.8) is 0 Å². The summed E-state index contributed by atoms with van der Waals surface area (Å²) in [6.45, 7) is 4.96. The monoisotopic (exact) mass is 313 g/mol. The first-order valence-corrected chi connectivity index (χ1v) is 9.77. The summed E-state index contributed by atoms with van der Waals surface area (Å²) in [4.78, 5) is 4.59. The standard InChI is InChI=1S/C15H27N3O2S/c1-2-9-16-15(18-14-6-4-3-5-7-14)17-11-13-8-10-21(19,20)12-13/h2,13-14H,1,3-12H2,(H2,16,17,18). The van der Waals surface area contributed by atoms with Gasteiger partial charge in [-0.3, -0.25) is 4.99 Å². The summed E-state index contributed by atoms with van der Waals surface area (Å²) < 4.78 is 23.0. The number of guanidine groups is 1. The van der Waals surface area contributed by atoms with Gasteiger partial charge in [0.05, 0.1) is 11.5 Å². The summed E-state index contributed by atoms with van der Waals surface area (Å²) >= 11 is 0. The van der Waals surface area contributed by atoms with Crippen molar-refractivity contribution in [2.75, 3.05) is 24.6 Å². The van der Waals surface area contributed by atoms with E-state index in [2.05, 4.69) is 22.2 Å². The Hall–Kier alpha value is -1.04. The van der Waals surface area contributed by atoms with Crippen LogP contribution in [0.4, 0.5) is 0 Å². The van der Waals surface area contributed by atoms with E-state index < -0.39 is 9.84 Å². The van der Waals surface area contributed by atoms with Crippen LogP contribution in [0.3, 0.4) is 0 Å². The Kier molecular flexibility index (Phi) is 6.08. The Morgan fingerprint density at radius 1 is 1.24 bits per heavy atom. The number of hydrogen-bond acceptors (Lipinski definition) is 3. The van der Waals surface area contributed by atoms with Crippen molar-refractivity contribution in [3.05, 3.63) is 12.7 Å². The van der Waals surface area contributed by atoms with E-state index in [1.807, 2.05) is 0 Å². The maximum absolute atomic E-state index is 11.5. The third-order valence-corrected chi connectivity index (χ3v) is 6.03. The summed E-state index contributed by atoms with van der Waals surface area (Å²) in [5, 5.41) is 6.71. The van der Waals surface area contributed by atoms with Crippen LogP contribution >= 0.6 is 0 Å². The van der Waals surface area contributed by atoms with Crippen molar-refractivity contribution in [1.82, 2.24) is 10.6 Å². The molecule has 21 heavy (non-hydrogen) atoms. The van der Waals surface area contributed by atoms with E-state index in [0.717, 1.165) is 12.4 Å². The van der Waals surface area contributed by atoms with E-state index in [0.29, 0.717) is 24.9 Å². The predicted molar refractivity (Wildman–Crippen MR) is 87.3 cm³/mol. The van der Waals surface area contributed by atoms with Gasteiger partial charge < -0.3 is 10.6 Å². The van der Waals surface area contributed by atoms with Gasteiger partial charge in [0.15, 0.2) is 15.8 Å². The van der Waals surface area contributed by atoms with Gasteiger partial charge in [0, 0.05) is 19.1 Å². The highest BCUT2D eigenvalue weighted by molar-refractivity contribution is 7.91. The van der Waals surface area contributed by atoms with Gasteiger partial charge in [0.25, 0.3) is 0 Å². The van der Waals surface area contributed by atoms with Crippen molar-refractivity contribution < 1.29 is 8.42 Å². The van der Waals surface area contributed by atoms with Gasteiger partial charge in [-0.1, -0.05) is 25.3 Å². The summed E-state index contributed by atoms with van der Waals surface area (Å²) in [5.74, 6) is 1.57. The average molecular weight is 313 g/mol. The van der Waals surface area contributed by atoms with E-state index in [-0.39, 0.29) is 11.7 Å². The second-order valence-electron chi connectivity index (χ2n) is 6.11. The van der Waals surface area contributed by atoms with E-state index in [1.54, 1.807) is 6.08 Å². The molecule has 0 aromatic rings. The van der Waals surface area contributed by atoms with Crippen molar-refractivity contribution in [2.24, 2.45) is 10.9 Å². The van der Waals surface area contributed by atoms with Crippen LogP contribution in [0.5, 0.6) is 0 Å². The Morgan fingerprint density at radius 3 is 2.62 bits per heavy atom. The summed E-state index contributed by atoms with van der Waals surface area (Å²) in [5.41, 5.74) is 0. The predicted octanol–water partition coefficient (Wildman–Crippen LogP) is 1.47.